The van der Waals surface area contributed by atoms with E-state index in [4.69, 9.17) is 17.3 Å². The maximum atomic E-state index is 13.6. The molecule has 1 aromatic carbocycles. The van der Waals surface area contributed by atoms with Crippen LogP contribution >= 0.6 is 11.6 Å². The zero-order valence-electron chi connectivity index (χ0n) is 10.7. The van der Waals surface area contributed by atoms with Gasteiger partial charge in [-0.3, -0.25) is 4.79 Å². The van der Waals surface area contributed by atoms with Crippen LogP contribution in [0.1, 0.15) is 18.4 Å². The third kappa shape index (κ3) is 3.45. The molecule has 0 radical (unpaired) electrons. The van der Waals surface area contributed by atoms with E-state index in [1.54, 1.807) is 17.0 Å². The zero-order chi connectivity index (χ0) is 13.8. The molecule has 1 amide bonds. The minimum atomic E-state index is -0.419. The van der Waals surface area contributed by atoms with E-state index in [1.807, 2.05) is 0 Å². The molecule has 104 valence electrons. The molecule has 2 rings (SSSR count). The van der Waals surface area contributed by atoms with Crippen molar-refractivity contribution in [2.45, 2.75) is 19.3 Å². The molecule has 19 heavy (non-hydrogen) atoms. The van der Waals surface area contributed by atoms with E-state index in [-0.39, 0.29) is 17.9 Å². The Kier molecular flexibility index (Phi) is 4.77. The number of hydrogen-bond donors (Lipinski definition) is 1. The first kappa shape index (κ1) is 14.3. The zero-order valence-corrected chi connectivity index (χ0v) is 11.5. The molecule has 0 aliphatic carbocycles. The summed E-state index contributed by atoms with van der Waals surface area (Å²) >= 11 is 5.93. The molecule has 1 heterocycles. The van der Waals surface area contributed by atoms with Crippen LogP contribution in [0.3, 0.4) is 0 Å². The van der Waals surface area contributed by atoms with Gasteiger partial charge in [0.2, 0.25) is 5.91 Å². The smallest absolute Gasteiger partial charge is 0.227 e. The van der Waals surface area contributed by atoms with Crippen molar-refractivity contribution in [1.29, 1.82) is 0 Å². The van der Waals surface area contributed by atoms with Gasteiger partial charge in [0.1, 0.15) is 5.82 Å². The minimum absolute atomic E-state index is 0.0266. The van der Waals surface area contributed by atoms with Crippen LogP contribution in [0.25, 0.3) is 0 Å². The molecule has 5 heteroatoms. The van der Waals surface area contributed by atoms with Gasteiger partial charge in [0.05, 0.1) is 6.42 Å². The van der Waals surface area contributed by atoms with Crippen molar-refractivity contribution in [1.82, 2.24) is 4.90 Å². The molecule has 0 unspecified atom stereocenters. The van der Waals surface area contributed by atoms with Gasteiger partial charge in [-0.05, 0) is 37.4 Å². The van der Waals surface area contributed by atoms with E-state index < -0.39 is 5.82 Å². The van der Waals surface area contributed by atoms with E-state index in [9.17, 15) is 9.18 Å². The molecular weight excluding hydrogens is 267 g/mol. The molecule has 1 aromatic rings. The number of rotatable bonds is 3. The topological polar surface area (TPSA) is 46.3 Å². The summed E-state index contributed by atoms with van der Waals surface area (Å²) in [5.41, 5.74) is 5.90. The molecule has 1 aliphatic rings. The number of hydrogen-bond acceptors (Lipinski definition) is 2. The lowest BCUT2D eigenvalue weighted by molar-refractivity contribution is -0.131. The largest absolute Gasteiger partial charge is 0.342 e. The number of benzene rings is 1. The summed E-state index contributed by atoms with van der Waals surface area (Å²) in [6.45, 7) is 2.07. The number of likely N-dealkylation sites (tertiary alicyclic amines) is 1. The van der Waals surface area contributed by atoms with Crippen molar-refractivity contribution in [3.8, 4) is 0 Å². The lowest BCUT2D eigenvalue weighted by Gasteiger charge is -2.31. The number of amides is 1. The Labute approximate surface area is 117 Å². The van der Waals surface area contributed by atoms with Crippen molar-refractivity contribution in [3.63, 3.8) is 0 Å². The quantitative estimate of drug-likeness (QED) is 0.925. The molecule has 0 bridgehead atoms. The van der Waals surface area contributed by atoms with Crippen molar-refractivity contribution >= 4 is 17.5 Å². The fourth-order valence-electron chi connectivity index (χ4n) is 2.38. The normalized spacial score (nSPS) is 16.7. The maximum Gasteiger partial charge on any atom is 0.227 e. The third-order valence-electron chi connectivity index (χ3n) is 3.69. The van der Waals surface area contributed by atoms with Gasteiger partial charge < -0.3 is 10.6 Å². The number of halogens is 2. The summed E-state index contributed by atoms with van der Waals surface area (Å²) in [4.78, 5) is 13.9. The number of nitrogens with zero attached hydrogens (tertiary/aromatic N) is 1. The average Bonchev–Trinajstić information content (AvgIpc) is 2.43. The molecule has 3 nitrogen and oxygen atoms in total. The predicted octanol–water partition coefficient (Wildman–Crippen LogP) is 2.22. The van der Waals surface area contributed by atoms with Crippen LogP contribution in [-0.4, -0.2) is 30.4 Å². The summed E-state index contributed by atoms with van der Waals surface area (Å²) in [5, 5.41) is 0.310. The lowest BCUT2D eigenvalue weighted by atomic mass is 9.96. The van der Waals surface area contributed by atoms with E-state index >= 15 is 0 Å². The fraction of sp³-hybridized carbons (Fsp3) is 0.500. The van der Waals surface area contributed by atoms with Crippen LogP contribution in [0.15, 0.2) is 18.2 Å². The first-order valence-electron chi connectivity index (χ1n) is 6.52. The van der Waals surface area contributed by atoms with Crippen molar-refractivity contribution in [3.05, 3.63) is 34.6 Å². The lowest BCUT2D eigenvalue weighted by Crippen LogP contribution is -2.40. The monoisotopic (exact) mass is 284 g/mol. The van der Waals surface area contributed by atoms with Gasteiger partial charge >= 0.3 is 0 Å². The van der Waals surface area contributed by atoms with Crippen molar-refractivity contribution in [2.24, 2.45) is 11.7 Å². The predicted molar refractivity (Wildman–Crippen MR) is 73.5 cm³/mol. The second-order valence-electron chi connectivity index (χ2n) is 4.94. The molecular formula is C14H18ClFN2O. The molecule has 1 fully saturated rings. The standard InChI is InChI=1S/C14H18ClFN2O/c15-12-2-1-3-13(16)11(12)8-14(19)18-6-4-10(9-17)5-7-18/h1-3,10H,4-9,17H2. The summed E-state index contributed by atoms with van der Waals surface area (Å²) in [5.74, 6) is 0.0151. The van der Waals surface area contributed by atoms with Gasteiger partial charge in [-0.25, -0.2) is 4.39 Å². The number of carbonyl (C=O) groups excluding carboxylic acids is 1. The number of carbonyl (C=O) groups is 1. The average molecular weight is 285 g/mol. The van der Waals surface area contributed by atoms with Gasteiger partial charge in [0, 0.05) is 23.7 Å². The van der Waals surface area contributed by atoms with Crippen LogP contribution in [-0.2, 0) is 11.2 Å². The minimum Gasteiger partial charge on any atom is -0.342 e. The van der Waals surface area contributed by atoms with Gasteiger partial charge in [-0.15, -0.1) is 0 Å². The summed E-state index contributed by atoms with van der Waals surface area (Å²) < 4.78 is 13.6. The highest BCUT2D eigenvalue weighted by atomic mass is 35.5. The van der Waals surface area contributed by atoms with Crippen molar-refractivity contribution < 1.29 is 9.18 Å². The molecule has 1 aliphatic heterocycles. The van der Waals surface area contributed by atoms with Gasteiger partial charge in [0.25, 0.3) is 0 Å². The first-order valence-corrected chi connectivity index (χ1v) is 6.90. The van der Waals surface area contributed by atoms with Gasteiger partial charge in [-0.2, -0.15) is 0 Å². The van der Waals surface area contributed by atoms with E-state index in [0.29, 0.717) is 30.6 Å². The highest BCUT2D eigenvalue weighted by Crippen LogP contribution is 2.22. The fourth-order valence-corrected chi connectivity index (χ4v) is 2.61. The SMILES string of the molecule is NCC1CCN(C(=O)Cc2c(F)cccc2Cl)CC1. The van der Waals surface area contributed by atoms with Crippen LogP contribution in [0.5, 0.6) is 0 Å². The van der Waals surface area contributed by atoms with Crippen LogP contribution in [0.4, 0.5) is 4.39 Å². The van der Waals surface area contributed by atoms with E-state index in [1.165, 1.54) is 6.07 Å². The Morgan fingerprint density at radius 2 is 2.11 bits per heavy atom. The summed E-state index contributed by atoms with van der Waals surface area (Å²) in [6.07, 6.45) is 1.87. The van der Waals surface area contributed by atoms with Gasteiger partial charge in [0.15, 0.2) is 0 Å². The highest BCUT2D eigenvalue weighted by molar-refractivity contribution is 6.31. The summed E-state index contributed by atoms with van der Waals surface area (Å²) in [7, 11) is 0. The Morgan fingerprint density at radius 1 is 1.42 bits per heavy atom. The molecule has 2 N–H and O–H groups in total. The third-order valence-corrected chi connectivity index (χ3v) is 4.04. The maximum absolute atomic E-state index is 13.6. The Balaban J connectivity index is 1.98. The van der Waals surface area contributed by atoms with E-state index in [0.717, 1.165) is 12.8 Å². The number of nitrogens with two attached hydrogens (primary N) is 1. The molecule has 0 aromatic heterocycles. The van der Waals surface area contributed by atoms with Crippen LogP contribution in [0, 0.1) is 11.7 Å². The second-order valence-corrected chi connectivity index (χ2v) is 5.34. The van der Waals surface area contributed by atoms with E-state index in [2.05, 4.69) is 0 Å². The molecule has 1 saturated heterocycles. The van der Waals surface area contributed by atoms with Crippen LogP contribution in [0.2, 0.25) is 5.02 Å². The molecule has 0 spiro atoms. The Hall–Kier alpha value is -1.13. The van der Waals surface area contributed by atoms with Crippen molar-refractivity contribution in [2.75, 3.05) is 19.6 Å². The molecule has 0 saturated carbocycles. The second kappa shape index (κ2) is 6.35. The Bertz CT molecular complexity index is 439. The first-order chi connectivity index (χ1) is 9.11. The highest BCUT2D eigenvalue weighted by Gasteiger charge is 2.23. The van der Waals surface area contributed by atoms with Gasteiger partial charge in [-0.1, -0.05) is 17.7 Å². The van der Waals surface area contributed by atoms with Crippen LogP contribution < -0.4 is 5.73 Å². The summed E-state index contributed by atoms with van der Waals surface area (Å²) in [6, 6.07) is 4.47. The Morgan fingerprint density at radius 3 is 2.68 bits per heavy atom. The molecule has 0 atom stereocenters. The number of piperidine rings is 1.